The highest BCUT2D eigenvalue weighted by molar-refractivity contribution is 5.94. The molecule has 0 fully saturated rings. The molecule has 0 saturated carbocycles. The third kappa shape index (κ3) is 6.10. The van der Waals surface area contributed by atoms with Crippen molar-refractivity contribution in [3.05, 3.63) is 59.7 Å². The molecule has 1 atom stereocenters. The van der Waals surface area contributed by atoms with Gasteiger partial charge in [0.15, 0.2) is 0 Å². The van der Waals surface area contributed by atoms with Crippen LogP contribution < -0.4 is 15.0 Å². The van der Waals surface area contributed by atoms with Gasteiger partial charge < -0.3 is 15.0 Å². The van der Waals surface area contributed by atoms with Gasteiger partial charge in [-0.2, -0.15) is 0 Å². The molecule has 0 radical (unpaired) electrons. The van der Waals surface area contributed by atoms with Gasteiger partial charge in [-0.3, -0.25) is 4.79 Å². The molecule has 1 N–H and O–H groups in total. The minimum atomic E-state index is -0.0245. The third-order valence-corrected chi connectivity index (χ3v) is 4.18. The van der Waals surface area contributed by atoms with Crippen LogP contribution in [-0.2, 0) is 6.42 Å². The Kier molecular flexibility index (Phi) is 7.07. The maximum Gasteiger partial charge on any atom is 0.251 e. The lowest BCUT2D eigenvalue weighted by Crippen LogP contribution is -2.32. The standard InChI is InChI=1S/C22H30N2O2/c1-16(2)26-21-14-8-18(9-15-21)7-6-17(3)23-22(25)19-10-12-20(13-11-19)24(4)5/h8-17H,6-7H2,1-5H3,(H,23,25). The Morgan fingerprint density at radius 3 is 2.15 bits per heavy atom. The van der Waals surface area contributed by atoms with Crippen LogP contribution in [0.2, 0.25) is 0 Å². The van der Waals surface area contributed by atoms with E-state index in [1.807, 2.05) is 76.2 Å². The minimum absolute atomic E-state index is 0.0245. The van der Waals surface area contributed by atoms with Gasteiger partial charge in [0.05, 0.1) is 6.10 Å². The maximum atomic E-state index is 12.4. The summed E-state index contributed by atoms with van der Waals surface area (Å²) in [4.78, 5) is 14.4. The van der Waals surface area contributed by atoms with Crippen LogP contribution in [0.15, 0.2) is 48.5 Å². The van der Waals surface area contributed by atoms with Crippen LogP contribution >= 0.6 is 0 Å². The lowest BCUT2D eigenvalue weighted by molar-refractivity contribution is 0.0938. The molecule has 140 valence electrons. The summed E-state index contributed by atoms with van der Waals surface area (Å²) in [5.41, 5.74) is 3.02. The van der Waals surface area contributed by atoms with Crippen molar-refractivity contribution in [1.82, 2.24) is 5.32 Å². The Labute approximate surface area is 157 Å². The monoisotopic (exact) mass is 354 g/mol. The molecule has 0 aliphatic rings. The van der Waals surface area contributed by atoms with Crippen molar-refractivity contribution in [2.24, 2.45) is 0 Å². The molecule has 2 aromatic rings. The summed E-state index contributed by atoms with van der Waals surface area (Å²) in [6, 6.07) is 16.0. The molecule has 4 heteroatoms. The summed E-state index contributed by atoms with van der Waals surface area (Å²) >= 11 is 0. The van der Waals surface area contributed by atoms with Crippen LogP contribution in [0, 0.1) is 0 Å². The van der Waals surface area contributed by atoms with Crippen LogP contribution in [0.4, 0.5) is 5.69 Å². The number of ether oxygens (including phenoxy) is 1. The van der Waals surface area contributed by atoms with Gasteiger partial charge in [0.1, 0.15) is 5.75 Å². The van der Waals surface area contributed by atoms with E-state index in [4.69, 9.17) is 4.74 Å². The van der Waals surface area contributed by atoms with Crippen molar-refractivity contribution in [1.29, 1.82) is 0 Å². The normalized spacial score (nSPS) is 11.9. The van der Waals surface area contributed by atoms with Gasteiger partial charge in [0, 0.05) is 31.4 Å². The molecule has 0 spiro atoms. The fourth-order valence-corrected chi connectivity index (χ4v) is 2.68. The second-order valence-electron chi connectivity index (χ2n) is 7.17. The van der Waals surface area contributed by atoms with Crippen molar-refractivity contribution < 1.29 is 9.53 Å². The van der Waals surface area contributed by atoms with Crippen molar-refractivity contribution >= 4 is 11.6 Å². The molecule has 1 unspecified atom stereocenters. The summed E-state index contributed by atoms with van der Waals surface area (Å²) in [5.74, 6) is 0.870. The highest BCUT2D eigenvalue weighted by Crippen LogP contribution is 2.16. The number of aryl methyl sites for hydroxylation is 1. The van der Waals surface area contributed by atoms with E-state index in [0.717, 1.165) is 24.3 Å². The van der Waals surface area contributed by atoms with Gasteiger partial charge in [-0.25, -0.2) is 0 Å². The minimum Gasteiger partial charge on any atom is -0.491 e. The predicted molar refractivity (Wildman–Crippen MR) is 108 cm³/mol. The topological polar surface area (TPSA) is 41.6 Å². The number of hydrogen-bond acceptors (Lipinski definition) is 3. The zero-order chi connectivity index (χ0) is 19.1. The zero-order valence-corrected chi connectivity index (χ0v) is 16.5. The molecule has 26 heavy (non-hydrogen) atoms. The highest BCUT2D eigenvalue weighted by atomic mass is 16.5. The van der Waals surface area contributed by atoms with Gasteiger partial charge >= 0.3 is 0 Å². The van der Waals surface area contributed by atoms with E-state index >= 15 is 0 Å². The first-order valence-corrected chi connectivity index (χ1v) is 9.19. The molecule has 0 aliphatic heterocycles. The highest BCUT2D eigenvalue weighted by Gasteiger charge is 2.10. The number of carbonyl (C=O) groups excluding carboxylic acids is 1. The molecule has 0 bridgehead atoms. The van der Waals surface area contributed by atoms with E-state index < -0.39 is 0 Å². The summed E-state index contributed by atoms with van der Waals surface area (Å²) in [7, 11) is 3.97. The van der Waals surface area contributed by atoms with Crippen LogP contribution in [0.1, 0.15) is 43.1 Å². The van der Waals surface area contributed by atoms with E-state index in [0.29, 0.717) is 5.56 Å². The van der Waals surface area contributed by atoms with Crippen LogP contribution in [0.25, 0.3) is 0 Å². The van der Waals surface area contributed by atoms with Crippen molar-refractivity contribution in [2.75, 3.05) is 19.0 Å². The van der Waals surface area contributed by atoms with Gasteiger partial charge in [-0.05, 0) is 75.6 Å². The smallest absolute Gasteiger partial charge is 0.251 e. The summed E-state index contributed by atoms with van der Waals surface area (Å²) in [5, 5.41) is 3.08. The Morgan fingerprint density at radius 1 is 1.00 bits per heavy atom. The lowest BCUT2D eigenvalue weighted by Gasteiger charge is -2.16. The first-order valence-electron chi connectivity index (χ1n) is 9.19. The Morgan fingerprint density at radius 2 is 1.62 bits per heavy atom. The number of hydrogen-bond donors (Lipinski definition) is 1. The van der Waals surface area contributed by atoms with Gasteiger partial charge in [-0.1, -0.05) is 12.1 Å². The quantitative estimate of drug-likeness (QED) is 0.769. The second-order valence-corrected chi connectivity index (χ2v) is 7.17. The zero-order valence-electron chi connectivity index (χ0n) is 16.5. The molecule has 2 aromatic carbocycles. The molecule has 0 heterocycles. The molecule has 2 rings (SSSR count). The Balaban J connectivity index is 1.82. The molecule has 1 amide bonds. The predicted octanol–water partition coefficient (Wildman–Crippen LogP) is 4.29. The number of nitrogens with one attached hydrogen (secondary N) is 1. The molecule has 0 saturated heterocycles. The Bertz CT molecular complexity index is 691. The first kappa shape index (κ1) is 19.8. The van der Waals surface area contributed by atoms with Crippen LogP contribution in [0.3, 0.4) is 0 Å². The van der Waals surface area contributed by atoms with Crippen molar-refractivity contribution in [2.45, 2.75) is 45.8 Å². The van der Waals surface area contributed by atoms with Gasteiger partial charge in [-0.15, -0.1) is 0 Å². The molecular formula is C22H30N2O2. The van der Waals surface area contributed by atoms with E-state index in [-0.39, 0.29) is 18.1 Å². The Hall–Kier alpha value is -2.49. The number of nitrogens with zero attached hydrogens (tertiary/aromatic N) is 1. The number of rotatable bonds is 8. The fraction of sp³-hybridized carbons (Fsp3) is 0.409. The number of benzene rings is 2. The summed E-state index contributed by atoms with van der Waals surface area (Å²) < 4.78 is 5.66. The van der Waals surface area contributed by atoms with E-state index in [1.54, 1.807) is 0 Å². The molecule has 4 nitrogen and oxygen atoms in total. The van der Waals surface area contributed by atoms with E-state index in [1.165, 1.54) is 5.56 Å². The SMILES string of the molecule is CC(CCc1ccc(OC(C)C)cc1)NC(=O)c1ccc(N(C)C)cc1. The molecular weight excluding hydrogens is 324 g/mol. The molecule has 0 aromatic heterocycles. The van der Waals surface area contributed by atoms with Gasteiger partial charge in [0.25, 0.3) is 5.91 Å². The van der Waals surface area contributed by atoms with E-state index in [9.17, 15) is 4.79 Å². The van der Waals surface area contributed by atoms with Crippen LogP contribution in [-0.4, -0.2) is 32.1 Å². The largest absolute Gasteiger partial charge is 0.491 e. The summed E-state index contributed by atoms with van der Waals surface area (Å²) in [6.45, 7) is 6.08. The lowest BCUT2D eigenvalue weighted by atomic mass is 10.1. The van der Waals surface area contributed by atoms with E-state index in [2.05, 4.69) is 17.4 Å². The van der Waals surface area contributed by atoms with Crippen molar-refractivity contribution in [3.8, 4) is 5.75 Å². The van der Waals surface area contributed by atoms with Crippen molar-refractivity contribution in [3.63, 3.8) is 0 Å². The van der Waals surface area contributed by atoms with Crippen LogP contribution in [0.5, 0.6) is 5.75 Å². The first-order chi connectivity index (χ1) is 12.3. The number of anilines is 1. The number of carbonyl (C=O) groups is 1. The fourth-order valence-electron chi connectivity index (χ4n) is 2.68. The maximum absolute atomic E-state index is 12.4. The third-order valence-electron chi connectivity index (χ3n) is 4.18. The molecule has 0 aliphatic carbocycles. The number of amides is 1. The average Bonchev–Trinajstić information content (AvgIpc) is 2.60. The van der Waals surface area contributed by atoms with Gasteiger partial charge in [0.2, 0.25) is 0 Å². The summed E-state index contributed by atoms with van der Waals surface area (Å²) in [6.07, 6.45) is 2.00. The average molecular weight is 354 g/mol. The second kappa shape index (κ2) is 9.27.